The van der Waals surface area contributed by atoms with E-state index in [1.807, 2.05) is 7.05 Å². The van der Waals surface area contributed by atoms with Crippen LogP contribution in [0.15, 0.2) is 46.8 Å². The van der Waals surface area contributed by atoms with Crippen molar-refractivity contribution in [2.45, 2.75) is 52.2 Å². The molecular weight excluding hydrogens is 478 g/mol. The van der Waals surface area contributed by atoms with Gasteiger partial charge in [0.25, 0.3) is 5.69 Å². The van der Waals surface area contributed by atoms with Gasteiger partial charge in [0.15, 0.2) is 0 Å². The summed E-state index contributed by atoms with van der Waals surface area (Å²) in [4.78, 5) is 39.7. The van der Waals surface area contributed by atoms with Gasteiger partial charge >= 0.3 is 11.9 Å². The standard InChI is InChI=1S/C26H37N3O6Si/c1-17-22(25(30)34-13-12-28(3)16-36(4,5)6)24(20-8-7-9-21(14-20)29(32)33)23(18(2)27-17)26(31)35-15-19-10-11-19/h7-9,14,19,24,27H,10-13,15-16H2,1-6H3. The third kappa shape index (κ3) is 7.27. The number of nitrogens with zero attached hydrogens (tertiary/aromatic N) is 2. The second kappa shape index (κ2) is 11.4. The molecule has 1 saturated carbocycles. The van der Waals surface area contributed by atoms with Crippen molar-refractivity contribution in [2.75, 3.05) is 33.0 Å². The van der Waals surface area contributed by atoms with Gasteiger partial charge < -0.3 is 19.7 Å². The van der Waals surface area contributed by atoms with Gasteiger partial charge in [-0.25, -0.2) is 9.59 Å². The van der Waals surface area contributed by atoms with Gasteiger partial charge in [0, 0.05) is 30.1 Å². The second-order valence-electron chi connectivity index (χ2n) is 11.0. The van der Waals surface area contributed by atoms with Gasteiger partial charge in [-0.2, -0.15) is 0 Å². The Morgan fingerprint density at radius 3 is 2.28 bits per heavy atom. The van der Waals surface area contributed by atoms with Crippen LogP contribution < -0.4 is 5.32 Å². The molecule has 0 aromatic heterocycles. The Labute approximate surface area is 213 Å². The number of dihydropyridines is 1. The fourth-order valence-electron chi connectivity index (χ4n) is 4.50. The lowest BCUT2D eigenvalue weighted by molar-refractivity contribution is -0.384. The average molecular weight is 516 g/mol. The van der Waals surface area contributed by atoms with Crippen LogP contribution in [0.25, 0.3) is 0 Å². The molecule has 0 radical (unpaired) electrons. The largest absolute Gasteiger partial charge is 0.462 e. The Morgan fingerprint density at radius 1 is 1.11 bits per heavy atom. The number of nitrogens with one attached hydrogen (secondary N) is 1. The van der Waals surface area contributed by atoms with Crippen LogP contribution in [0.4, 0.5) is 5.69 Å². The zero-order valence-corrected chi connectivity index (χ0v) is 23.1. The minimum atomic E-state index is -1.30. The molecule has 1 atom stereocenters. The van der Waals surface area contributed by atoms with E-state index in [0.29, 0.717) is 36.0 Å². The van der Waals surface area contributed by atoms with Crippen LogP contribution in [0.2, 0.25) is 19.6 Å². The number of likely N-dealkylation sites (N-methyl/N-ethyl adjacent to an activating group) is 1. The van der Waals surface area contributed by atoms with Crippen LogP contribution >= 0.6 is 0 Å². The molecule has 1 aromatic rings. The highest BCUT2D eigenvalue weighted by Crippen LogP contribution is 2.40. The molecule has 1 N–H and O–H groups in total. The minimum Gasteiger partial charge on any atom is -0.462 e. The number of carbonyl (C=O) groups is 2. The van der Waals surface area contributed by atoms with Gasteiger partial charge in [0.2, 0.25) is 0 Å². The number of hydrogen-bond donors (Lipinski definition) is 1. The first-order valence-electron chi connectivity index (χ1n) is 12.3. The van der Waals surface area contributed by atoms with Crippen molar-refractivity contribution in [1.29, 1.82) is 0 Å². The molecule has 0 bridgehead atoms. The van der Waals surface area contributed by atoms with Gasteiger partial charge in [-0.05, 0) is 51.4 Å². The molecule has 0 spiro atoms. The predicted molar refractivity (Wildman–Crippen MR) is 140 cm³/mol. The van der Waals surface area contributed by atoms with Crippen LogP contribution in [-0.4, -0.2) is 62.8 Å². The number of allylic oxidation sites excluding steroid dienone is 2. The van der Waals surface area contributed by atoms with E-state index >= 15 is 0 Å². The normalized spacial score (nSPS) is 18.2. The maximum atomic E-state index is 13.4. The number of non-ortho nitro benzene ring substituents is 1. The molecule has 1 fully saturated rings. The number of nitro groups is 1. The second-order valence-corrected chi connectivity index (χ2v) is 16.4. The summed E-state index contributed by atoms with van der Waals surface area (Å²) in [6, 6.07) is 6.03. The summed E-state index contributed by atoms with van der Waals surface area (Å²) in [5.41, 5.74) is 1.97. The number of carbonyl (C=O) groups excluding carboxylic acids is 2. The molecule has 0 saturated heterocycles. The smallest absolute Gasteiger partial charge is 0.336 e. The van der Waals surface area contributed by atoms with Gasteiger partial charge in [0.05, 0.1) is 36.7 Å². The van der Waals surface area contributed by atoms with Crippen LogP contribution in [0.1, 0.15) is 38.2 Å². The van der Waals surface area contributed by atoms with E-state index in [2.05, 4.69) is 29.9 Å². The number of esters is 2. The van der Waals surface area contributed by atoms with E-state index in [0.717, 1.165) is 19.0 Å². The maximum Gasteiger partial charge on any atom is 0.336 e. The SMILES string of the molecule is CC1=C(C(=O)OCCN(C)C[Si](C)(C)C)C(c2cccc([N+](=O)[O-])c2)C(C(=O)OCC2CC2)=C(C)N1. The molecule has 1 aromatic carbocycles. The van der Waals surface area contributed by atoms with Gasteiger partial charge in [-0.15, -0.1) is 0 Å². The lowest BCUT2D eigenvalue weighted by atomic mass is 9.80. The molecule has 1 unspecified atom stereocenters. The first-order valence-corrected chi connectivity index (χ1v) is 16.0. The number of hydrogen-bond acceptors (Lipinski definition) is 8. The van der Waals surface area contributed by atoms with Crippen molar-refractivity contribution >= 4 is 25.7 Å². The molecule has 1 aliphatic heterocycles. The third-order valence-electron chi connectivity index (χ3n) is 6.21. The van der Waals surface area contributed by atoms with E-state index in [-0.39, 0.29) is 23.4 Å². The molecule has 196 valence electrons. The Hall–Kier alpha value is -2.98. The number of ether oxygens (including phenoxy) is 2. The predicted octanol–water partition coefficient (Wildman–Crippen LogP) is 4.14. The summed E-state index contributed by atoms with van der Waals surface area (Å²) in [5, 5.41) is 14.6. The Kier molecular flexibility index (Phi) is 8.73. The van der Waals surface area contributed by atoms with Crippen molar-refractivity contribution in [3.63, 3.8) is 0 Å². The summed E-state index contributed by atoms with van der Waals surface area (Å²) in [7, 11) is 0.707. The highest BCUT2D eigenvalue weighted by molar-refractivity contribution is 6.76. The number of rotatable bonds is 11. The van der Waals surface area contributed by atoms with Crippen LogP contribution in [0.5, 0.6) is 0 Å². The monoisotopic (exact) mass is 515 g/mol. The Bertz CT molecular complexity index is 1090. The van der Waals surface area contributed by atoms with Crippen LogP contribution in [-0.2, 0) is 19.1 Å². The third-order valence-corrected chi connectivity index (χ3v) is 7.70. The summed E-state index contributed by atoms with van der Waals surface area (Å²) >= 11 is 0. The number of benzene rings is 1. The Morgan fingerprint density at radius 2 is 1.72 bits per heavy atom. The van der Waals surface area contributed by atoms with E-state index in [9.17, 15) is 19.7 Å². The fraction of sp³-hybridized carbons (Fsp3) is 0.538. The molecular formula is C26H37N3O6Si. The van der Waals surface area contributed by atoms with Gasteiger partial charge in [-0.1, -0.05) is 31.8 Å². The molecule has 9 nitrogen and oxygen atoms in total. The molecule has 3 rings (SSSR count). The van der Waals surface area contributed by atoms with Crippen molar-refractivity contribution in [1.82, 2.24) is 10.2 Å². The van der Waals surface area contributed by atoms with Gasteiger partial charge in [-0.3, -0.25) is 10.1 Å². The summed E-state index contributed by atoms with van der Waals surface area (Å²) < 4.78 is 11.2. The van der Waals surface area contributed by atoms with Crippen molar-refractivity contribution in [3.8, 4) is 0 Å². The minimum absolute atomic E-state index is 0.118. The zero-order chi connectivity index (χ0) is 26.6. The van der Waals surface area contributed by atoms with Gasteiger partial charge in [0.1, 0.15) is 6.61 Å². The van der Waals surface area contributed by atoms with Crippen molar-refractivity contribution < 1.29 is 24.0 Å². The van der Waals surface area contributed by atoms with Crippen molar-refractivity contribution in [3.05, 3.63) is 62.5 Å². The highest BCUT2D eigenvalue weighted by Gasteiger charge is 2.39. The lowest BCUT2D eigenvalue weighted by Gasteiger charge is -2.30. The summed E-state index contributed by atoms with van der Waals surface area (Å²) in [6.45, 7) is 11.4. The molecule has 10 heteroatoms. The topological polar surface area (TPSA) is 111 Å². The first kappa shape index (κ1) is 27.6. The highest BCUT2D eigenvalue weighted by atomic mass is 28.3. The molecule has 1 heterocycles. The molecule has 0 amide bonds. The number of nitro benzene ring substituents is 1. The Balaban J connectivity index is 1.89. The van der Waals surface area contributed by atoms with Crippen LogP contribution in [0, 0.1) is 16.0 Å². The fourth-order valence-corrected chi connectivity index (χ4v) is 6.28. The van der Waals surface area contributed by atoms with Crippen LogP contribution in [0.3, 0.4) is 0 Å². The average Bonchev–Trinajstić information content (AvgIpc) is 3.60. The summed E-state index contributed by atoms with van der Waals surface area (Å²) in [5.74, 6) is -1.56. The van der Waals surface area contributed by atoms with E-state index in [4.69, 9.17) is 9.47 Å². The summed E-state index contributed by atoms with van der Waals surface area (Å²) in [6.07, 6.45) is 3.03. The maximum absolute atomic E-state index is 13.4. The van der Waals surface area contributed by atoms with E-state index < -0.39 is 30.9 Å². The molecule has 2 aliphatic rings. The quantitative estimate of drug-likeness (QED) is 0.203. The van der Waals surface area contributed by atoms with Crippen molar-refractivity contribution in [2.24, 2.45) is 5.92 Å². The molecule has 1 aliphatic carbocycles. The molecule has 36 heavy (non-hydrogen) atoms. The lowest BCUT2D eigenvalue weighted by Crippen LogP contribution is -2.39. The first-order chi connectivity index (χ1) is 16.9. The van der Waals surface area contributed by atoms with E-state index in [1.54, 1.807) is 26.0 Å². The van der Waals surface area contributed by atoms with E-state index in [1.165, 1.54) is 12.1 Å². The zero-order valence-electron chi connectivity index (χ0n) is 22.1.